The van der Waals surface area contributed by atoms with Gasteiger partial charge in [-0.2, -0.15) is 0 Å². The molecule has 0 saturated carbocycles. The van der Waals surface area contributed by atoms with Crippen LogP contribution in [0.2, 0.25) is 0 Å². The van der Waals surface area contributed by atoms with Crippen LogP contribution in [0.5, 0.6) is 0 Å². The number of hydrogen-bond donors (Lipinski definition) is 0. The van der Waals surface area contributed by atoms with E-state index in [9.17, 15) is 0 Å². The van der Waals surface area contributed by atoms with Gasteiger partial charge in [-0.05, 0) is 26.0 Å². The zero-order valence-corrected chi connectivity index (χ0v) is 7.72. The van der Waals surface area contributed by atoms with Gasteiger partial charge in [0.25, 0.3) is 0 Å². The van der Waals surface area contributed by atoms with Gasteiger partial charge in [-0.1, -0.05) is 22.0 Å². The second-order valence-corrected chi connectivity index (χ2v) is 4.67. The van der Waals surface area contributed by atoms with Crippen LogP contribution < -0.4 is 0 Å². The lowest BCUT2D eigenvalue weighted by molar-refractivity contribution is 0.766. The zero-order chi connectivity index (χ0) is 7.61. The predicted octanol–water partition coefficient (Wildman–Crippen LogP) is 2.71. The molecule has 0 bridgehead atoms. The van der Waals surface area contributed by atoms with Gasteiger partial charge in [-0.3, -0.25) is 4.98 Å². The Balaban J connectivity index is 2.97. The lowest BCUT2D eigenvalue weighted by Gasteiger charge is -2.13. The third-order valence-corrected chi connectivity index (χ3v) is 1.68. The summed E-state index contributed by atoms with van der Waals surface area (Å²) in [6.45, 7) is 4.16. The van der Waals surface area contributed by atoms with E-state index < -0.39 is 0 Å². The van der Waals surface area contributed by atoms with Gasteiger partial charge in [0.2, 0.25) is 0 Å². The summed E-state index contributed by atoms with van der Waals surface area (Å²) in [6.07, 6.45) is 1.80. The van der Waals surface area contributed by atoms with E-state index in [1.54, 1.807) is 6.20 Å². The van der Waals surface area contributed by atoms with Gasteiger partial charge in [-0.15, -0.1) is 0 Å². The Labute approximate surface area is 69.6 Å². The number of nitrogens with zero attached hydrogens (tertiary/aromatic N) is 1. The third kappa shape index (κ3) is 1.81. The van der Waals surface area contributed by atoms with E-state index in [0.717, 1.165) is 5.69 Å². The molecule has 0 fully saturated rings. The highest BCUT2D eigenvalue weighted by atomic mass is 79.9. The maximum absolute atomic E-state index is 4.20. The van der Waals surface area contributed by atoms with Crippen LogP contribution in [0.15, 0.2) is 24.4 Å². The number of hydrogen-bond acceptors (Lipinski definition) is 1. The molecule has 54 valence electrons. The van der Waals surface area contributed by atoms with E-state index in [-0.39, 0.29) is 4.32 Å². The Hall–Kier alpha value is -0.370. The summed E-state index contributed by atoms with van der Waals surface area (Å²) in [5, 5.41) is 0. The predicted molar refractivity (Wildman–Crippen MR) is 46.2 cm³/mol. The van der Waals surface area contributed by atoms with Crippen molar-refractivity contribution in [2.45, 2.75) is 18.2 Å². The minimum absolute atomic E-state index is 0.00569. The summed E-state index contributed by atoms with van der Waals surface area (Å²) in [5.41, 5.74) is 1.06. The molecular formula is C8H10BrN. The molecule has 0 amide bonds. The standard InChI is InChI=1S/C8H10BrN/c1-8(2,9)7-5-3-4-6-10-7/h3-6H,1-2H3. The zero-order valence-electron chi connectivity index (χ0n) is 6.13. The maximum atomic E-state index is 4.20. The van der Waals surface area contributed by atoms with Crippen molar-refractivity contribution < 1.29 is 0 Å². The van der Waals surface area contributed by atoms with E-state index in [2.05, 4.69) is 34.8 Å². The largest absolute Gasteiger partial charge is 0.260 e. The fraction of sp³-hybridized carbons (Fsp3) is 0.375. The highest BCUT2D eigenvalue weighted by molar-refractivity contribution is 9.09. The lowest BCUT2D eigenvalue weighted by Crippen LogP contribution is -2.08. The number of aromatic nitrogens is 1. The third-order valence-electron chi connectivity index (χ3n) is 1.27. The van der Waals surface area contributed by atoms with Gasteiger partial charge in [0.05, 0.1) is 10.0 Å². The summed E-state index contributed by atoms with van der Waals surface area (Å²) >= 11 is 3.52. The van der Waals surface area contributed by atoms with Crippen molar-refractivity contribution in [3.8, 4) is 0 Å². The van der Waals surface area contributed by atoms with Crippen molar-refractivity contribution in [3.63, 3.8) is 0 Å². The molecule has 0 aliphatic rings. The van der Waals surface area contributed by atoms with Crippen molar-refractivity contribution in [1.29, 1.82) is 0 Å². The second-order valence-electron chi connectivity index (χ2n) is 2.69. The molecular weight excluding hydrogens is 190 g/mol. The normalized spacial score (nSPS) is 11.5. The molecule has 1 aromatic heterocycles. The summed E-state index contributed by atoms with van der Waals surface area (Å²) < 4.78 is -0.00569. The van der Waals surface area contributed by atoms with Crippen LogP contribution >= 0.6 is 15.9 Å². The molecule has 1 rings (SSSR count). The van der Waals surface area contributed by atoms with Crippen LogP contribution in [-0.4, -0.2) is 4.98 Å². The van der Waals surface area contributed by atoms with E-state index in [1.807, 2.05) is 18.2 Å². The fourth-order valence-electron chi connectivity index (χ4n) is 0.714. The maximum Gasteiger partial charge on any atom is 0.0621 e. The molecule has 0 aliphatic carbocycles. The Morgan fingerprint density at radius 3 is 2.40 bits per heavy atom. The highest BCUT2D eigenvalue weighted by Crippen LogP contribution is 2.27. The Morgan fingerprint density at radius 1 is 1.40 bits per heavy atom. The number of rotatable bonds is 1. The van der Waals surface area contributed by atoms with Crippen LogP contribution in [0.1, 0.15) is 19.5 Å². The van der Waals surface area contributed by atoms with E-state index in [1.165, 1.54) is 0 Å². The summed E-state index contributed by atoms with van der Waals surface area (Å²) in [7, 11) is 0. The highest BCUT2D eigenvalue weighted by Gasteiger charge is 2.15. The van der Waals surface area contributed by atoms with Crippen molar-refractivity contribution >= 4 is 15.9 Å². The van der Waals surface area contributed by atoms with Gasteiger partial charge < -0.3 is 0 Å². The average molecular weight is 200 g/mol. The van der Waals surface area contributed by atoms with Gasteiger partial charge >= 0.3 is 0 Å². The average Bonchev–Trinajstić information content (AvgIpc) is 1.88. The molecule has 0 atom stereocenters. The van der Waals surface area contributed by atoms with Crippen LogP contribution in [0, 0.1) is 0 Å². The number of halogens is 1. The minimum atomic E-state index is -0.00569. The summed E-state index contributed by atoms with van der Waals surface area (Å²) in [4.78, 5) is 4.20. The minimum Gasteiger partial charge on any atom is -0.260 e. The molecule has 0 aromatic carbocycles. The van der Waals surface area contributed by atoms with E-state index in [4.69, 9.17) is 0 Å². The lowest BCUT2D eigenvalue weighted by atomic mass is 10.1. The first-order valence-corrected chi connectivity index (χ1v) is 4.00. The van der Waals surface area contributed by atoms with Crippen LogP contribution in [-0.2, 0) is 4.32 Å². The first-order valence-electron chi connectivity index (χ1n) is 3.21. The monoisotopic (exact) mass is 199 g/mol. The van der Waals surface area contributed by atoms with Crippen molar-refractivity contribution in [1.82, 2.24) is 4.98 Å². The van der Waals surface area contributed by atoms with E-state index in [0.29, 0.717) is 0 Å². The molecule has 1 aromatic rings. The first kappa shape index (κ1) is 7.73. The molecule has 1 heterocycles. The topological polar surface area (TPSA) is 12.9 Å². The molecule has 0 radical (unpaired) electrons. The second kappa shape index (κ2) is 2.70. The SMILES string of the molecule is CC(C)(Br)c1ccccn1. The number of alkyl halides is 1. The summed E-state index contributed by atoms with van der Waals surface area (Å²) in [6, 6.07) is 5.92. The Kier molecular flexibility index (Phi) is 2.09. The molecule has 1 nitrogen and oxygen atoms in total. The molecule has 0 aliphatic heterocycles. The molecule has 0 saturated heterocycles. The van der Waals surface area contributed by atoms with Crippen LogP contribution in [0.4, 0.5) is 0 Å². The molecule has 0 N–H and O–H groups in total. The molecule has 0 spiro atoms. The van der Waals surface area contributed by atoms with Crippen molar-refractivity contribution in [2.75, 3.05) is 0 Å². The Bertz CT molecular complexity index is 200. The van der Waals surface area contributed by atoms with Crippen LogP contribution in [0.3, 0.4) is 0 Å². The number of pyridine rings is 1. The van der Waals surface area contributed by atoms with Crippen molar-refractivity contribution in [2.24, 2.45) is 0 Å². The van der Waals surface area contributed by atoms with Gasteiger partial charge in [0.15, 0.2) is 0 Å². The molecule has 2 heteroatoms. The quantitative estimate of drug-likeness (QED) is 0.635. The van der Waals surface area contributed by atoms with Gasteiger partial charge in [-0.25, -0.2) is 0 Å². The van der Waals surface area contributed by atoms with Gasteiger partial charge in [0.1, 0.15) is 0 Å². The van der Waals surface area contributed by atoms with Crippen molar-refractivity contribution in [3.05, 3.63) is 30.1 Å². The smallest absolute Gasteiger partial charge is 0.0621 e. The fourth-order valence-corrected chi connectivity index (χ4v) is 0.949. The van der Waals surface area contributed by atoms with E-state index >= 15 is 0 Å². The molecule has 0 unspecified atom stereocenters. The first-order chi connectivity index (χ1) is 4.61. The summed E-state index contributed by atoms with van der Waals surface area (Å²) in [5.74, 6) is 0. The van der Waals surface area contributed by atoms with Crippen LogP contribution in [0.25, 0.3) is 0 Å². The molecule has 10 heavy (non-hydrogen) atoms. The Morgan fingerprint density at radius 2 is 2.10 bits per heavy atom. The van der Waals surface area contributed by atoms with Gasteiger partial charge in [0, 0.05) is 6.20 Å².